The third-order valence-corrected chi connectivity index (χ3v) is 4.12. The fraction of sp³-hybridized carbons (Fsp3) is 0.238. The number of rotatable bonds is 9. The first-order valence-corrected chi connectivity index (χ1v) is 9.66. The number of ether oxygens (including phenoxy) is 2. The minimum absolute atomic E-state index is 0.213. The zero-order chi connectivity index (χ0) is 22.6. The third-order valence-electron chi connectivity index (χ3n) is 3.83. The van der Waals surface area contributed by atoms with Gasteiger partial charge in [-0.2, -0.15) is 5.10 Å². The number of nitrogens with one attached hydrogen (secondary N) is 3. The maximum absolute atomic E-state index is 12.0. The topological polar surface area (TPSA) is 118 Å². The van der Waals surface area contributed by atoms with Crippen molar-refractivity contribution >= 4 is 41.2 Å². The monoisotopic (exact) mass is 446 g/mol. The molecule has 0 unspecified atom stereocenters. The molecule has 0 aliphatic carbocycles. The number of carbonyl (C=O) groups excluding carboxylic acids is 3. The van der Waals surface area contributed by atoms with Gasteiger partial charge in [0.1, 0.15) is 5.75 Å². The lowest BCUT2D eigenvalue weighted by atomic mass is 10.2. The number of nitrogens with zero attached hydrogens (tertiary/aromatic N) is 1. The summed E-state index contributed by atoms with van der Waals surface area (Å²) in [6, 6.07) is 12.1. The lowest BCUT2D eigenvalue weighted by Crippen LogP contribution is -2.39. The van der Waals surface area contributed by atoms with E-state index in [1.807, 2.05) is 19.1 Å². The van der Waals surface area contributed by atoms with Gasteiger partial charge in [-0.3, -0.25) is 14.4 Å². The largest absolute Gasteiger partial charge is 0.482 e. The van der Waals surface area contributed by atoms with Crippen LogP contribution in [0.2, 0.25) is 5.02 Å². The summed E-state index contributed by atoms with van der Waals surface area (Å²) in [6.07, 6.45) is 1.32. The molecule has 0 aliphatic heterocycles. The van der Waals surface area contributed by atoms with E-state index in [-0.39, 0.29) is 24.1 Å². The average Bonchev–Trinajstić information content (AvgIpc) is 2.74. The summed E-state index contributed by atoms with van der Waals surface area (Å²) in [6.45, 7) is 2.25. The lowest BCUT2D eigenvalue weighted by molar-refractivity contribution is -0.139. The SMILES string of the molecule is COCCNC(=O)C(=O)N/N=C\c1ccc(OCC(=O)Nc2ccc(C)cc2)c(Cl)c1. The van der Waals surface area contributed by atoms with Crippen LogP contribution < -0.4 is 20.8 Å². The van der Waals surface area contributed by atoms with Gasteiger partial charge in [0, 0.05) is 19.3 Å². The predicted octanol–water partition coefficient (Wildman–Crippen LogP) is 1.88. The normalized spacial score (nSPS) is 10.5. The predicted molar refractivity (Wildman–Crippen MR) is 117 cm³/mol. The summed E-state index contributed by atoms with van der Waals surface area (Å²) in [5.41, 5.74) is 4.43. The molecule has 0 fully saturated rings. The molecule has 2 aromatic rings. The highest BCUT2D eigenvalue weighted by atomic mass is 35.5. The second-order valence-corrected chi connectivity index (χ2v) is 6.75. The van der Waals surface area contributed by atoms with E-state index in [2.05, 4.69) is 21.2 Å². The number of halogens is 1. The first kappa shape index (κ1) is 23.8. The second kappa shape index (κ2) is 12.3. The van der Waals surface area contributed by atoms with Crippen molar-refractivity contribution in [3.05, 3.63) is 58.6 Å². The van der Waals surface area contributed by atoms with E-state index < -0.39 is 11.8 Å². The van der Waals surface area contributed by atoms with Crippen LogP contribution in [-0.4, -0.2) is 50.8 Å². The molecule has 31 heavy (non-hydrogen) atoms. The van der Waals surface area contributed by atoms with Crippen LogP contribution in [0.5, 0.6) is 5.75 Å². The van der Waals surface area contributed by atoms with Crippen LogP contribution in [0, 0.1) is 6.92 Å². The molecular weight excluding hydrogens is 424 g/mol. The van der Waals surface area contributed by atoms with Crippen molar-refractivity contribution in [3.8, 4) is 5.75 Å². The Hall–Kier alpha value is -3.43. The first-order chi connectivity index (χ1) is 14.9. The van der Waals surface area contributed by atoms with Crippen LogP contribution in [0.1, 0.15) is 11.1 Å². The summed E-state index contributed by atoms with van der Waals surface area (Å²) in [5, 5.41) is 9.06. The Labute approximate surface area is 184 Å². The Kier molecular flexibility index (Phi) is 9.47. The Balaban J connectivity index is 1.82. The van der Waals surface area contributed by atoms with Gasteiger partial charge >= 0.3 is 11.8 Å². The highest BCUT2D eigenvalue weighted by Gasteiger charge is 2.11. The first-order valence-electron chi connectivity index (χ1n) is 9.28. The number of benzene rings is 2. The molecule has 2 aromatic carbocycles. The van der Waals surface area contributed by atoms with Crippen LogP contribution in [0.4, 0.5) is 5.69 Å². The van der Waals surface area contributed by atoms with Crippen molar-refractivity contribution < 1.29 is 23.9 Å². The highest BCUT2D eigenvalue weighted by Crippen LogP contribution is 2.25. The second-order valence-electron chi connectivity index (χ2n) is 6.34. The molecule has 0 bridgehead atoms. The van der Waals surface area contributed by atoms with Gasteiger partial charge in [0.15, 0.2) is 6.61 Å². The molecule has 3 N–H and O–H groups in total. The molecule has 0 radical (unpaired) electrons. The van der Waals surface area contributed by atoms with Crippen LogP contribution in [0.15, 0.2) is 47.6 Å². The number of hydrogen-bond acceptors (Lipinski definition) is 6. The molecule has 0 atom stereocenters. The molecule has 0 saturated carbocycles. The number of hydrazone groups is 1. The Morgan fingerprint density at radius 3 is 2.52 bits per heavy atom. The van der Waals surface area contributed by atoms with E-state index >= 15 is 0 Å². The van der Waals surface area contributed by atoms with E-state index in [1.54, 1.807) is 30.3 Å². The molecule has 10 heteroatoms. The van der Waals surface area contributed by atoms with Crippen LogP contribution in [0.25, 0.3) is 0 Å². The lowest BCUT2D eigenvalue weighted by Gasteiger charge is -2.09. The molecule has 9 nitrogen and oxygen atoms in total. The molecule has 3 amide bonds. The highest BCUT2D eigenvalue weighted by molar-refractivity contribution is 6.35. The minimum atomic E-state index is -0.905. The van der Waals surface area contributed by atoms with Gasteiger partial charge < -0.3 is 20.1 Å². The van der Waals surface area contributed by atoms with Gasteiger partial charge in [-0.25, -0.2) is 5.43 Å². The average molecular weight is 447 g/mol. The molecule has 0 aliphatic rings. The van der Waals surface area contributed by atoms with Crippen molar-refractivity contribution in [2.45, 2.75) is 6.92 Å². The van der Waals surface area contributed by atoms with Crippen molar-refractivity contribution in [2.75, 3.05) is 32.2 Å². The molecule has 2 rings (SSSR count). The Morgan fingerprint density at radius 2 is 1.84 bits per heavy atom. The standard InChI is InChI=1S/C21H23ClN4O5/c1-14-3-6-16(7-4-14)25-19(27)13-31-18-8-5-15(11-17(18)22)12-24-26-21(29)20(28)23-9-10-30-2/h3-8,11-12H,9-10,13H2,1-2H3,(H,23,28)(H,25,27)(H,26,29)/b24-12-. The summed E-state index contributed by atoms with van der Waals surface area (Å²) < 4.78 is 10.2. The zero-order valence-electron chi connectivity index (χ0n) is 17.1. The van der Waals surface area contributed by atoms with Crippen molar-refractivity contribution in [1.82, 2.24) is 10.7 Å². The van der Waals surface area contributed by atoms with Crippen LogP contribution >= 0.6 is 11.6 Å². The van der Waals surface area contributed by atoms with E-state index in [1.165, 1.54) is 13.3 Å². The molecule has 164 valence electrons. The van der Waals surface area contributed by atoms with Gasteiger partial charge in [-0.05, 0) is 42.8 Å². The minimum Gasteiger partial charge on any atom is -0.482 e. The molecule has 0 heterocycles. The maximum Gasteiger partial charge on any atom is 0.329 e. The fourth-order valence-corrected chi connectivity index (χ4v) is 2.50. The van der Waals surface area contributed by atoms with E-state index in [0.29, 0.717) is 23.6 Å². The third kappa shape index (κ3) is 8.45. The van der Waals surface area contributed by atoms with Gasteiger partial charge in [0.05, 0.1) is 17.8 Å². The molecule has 0 spiro atoms. The van der Waals surface area contributed by atoms with Gasteiger partial charge in [-0.1, -0.05) is 29.3 Å². The van der Waals surface area contributed by atoms with Crippen molar-refractivity contribution in [1.29, 1.82) is 0 Å². The molecule has 0 saturated heterocycles. The fourth-order valence-electron chi connectivity index (χ4n) is 2.25. The van der Waals surface area contributed by atoms with E-state index in [0.717, 1.165) is 5.56 Å². The number of methoxy groups -OCH3 is 1. The summed E-state index contributed by atoms with van der Waals surface area (Å²) in [7, 11) is 1.48. The van der Waals surface area contributed by atoms with Crippen LogP contribution in [-0.2, 0) is 19.1 Å². The van der Waals surface area contributed by atoms with Gasteiger partial charge in [0.25, 0.3) is 5.91 Å². The summed E-state index contributed by atoms with van der Waals surface area (Å²) in [4.78, 5) is 35.1. The number of hydrogen-bond donors (Lipinski definition) is 3. The zero-order valence-corrected chi connectivity index (χ0v) is 17.9. The van der Waals surface area contributed by atoms with Gasteiger partial charge in [-0.15, -0.1) is 0 Å². The smallest absolute Gasteiger partial charge is 0.329 e. The number of carbonyl (C=O) groups is 3. The molecule has 0 aromatic heterocycles. The van der Waals surface area contributed by atoms with Gasteiger partial charge in [0.2, 0.25) is 0 Å². The van der Waals surface area contributed by atoms with E-state index in [4.69, 9.17) is 21.1 Å². The summed E-state index contributed by atoms with van der Waals surface area (Å²) in [5.74, 6) is -1.73. The summed E-state index contributed by atoms with van der Waals surface area (Å²) >= 11 is 6.17. The Morgan fingerprint density at radius 1 is 1.10 bits per heavy atom. The number of aryl methyl sites for hydroxylation is 1. The quantitative estimate of drug-likeness (QED) is 0.235. The van der Waals surface area contributed by atoms with Crippen LogP contribution in [0.3, 0.4) is 0 Å². The van der Waals surface area contributed by atoms with E-state index in [9.17, 15) is 14.4 Å². The number of amides is 3. The maximum atomic E-state index is 12.0. The van der Waals surface area contributed by atoms with Crippen molar-refractivity contribution in [2.24, 2.45) is 5.10 Å². The Bertz CT molecular complexity index is 947. The number of anilines is 1. The van der Waals surface area contributed by atoms with Crippen molar-refractivity contribution in [3.63, 3.8) is 0 Å². The molecular formula is C21H23ClN4O5.